The molecule has 0 amide bonds. The smallest absolute Gasteiger partial charge is 0.144 e. The summed E-state index contributed by atoms with van der Waals surface area (Å²) in [6.07, 6.45) is 2.38. The molecule has 0 atom stereocenters. The third-order valence-electron chi connectivity index (χ3n) is 2.39. The summed E-state index contributed by atoms with van der Waals surface area (Å²) in [6, 6.07) is 5.35. The first-order valence-electron chi connectivity index (χ1n) is 5.20. The number of methoxy groups -OCH3 is 1. The summed E-state index contributed by atoms with van der Waals surface area (Å²) in [5.41, 5.74) is 7.23. The van der Waals surface area contributed by atoms with Crippen molar-refractivity contribution in [3.8, 4) is 11.4 Å². The fourth-order valence-electron chi connectivity index (χ4n) is 1.61. The van der Waals surface area contributed by atoms with Gasteiger partial charge in [-0.2, -0.15) is 0 Å². The molecule has 1 aromatic carbocycles. The Kier molecular flexibility index (Phi) is 3.61. The Morgan fingerprint density at radius 2 is 2.29 bits per heavy atom. The molecule has 0 fully saturated rings. The summed E-state index contributed by atoms with van der Waals surface area (Å²) in [6.45, 7) is 0.538. The van der Waals surface area contributed by atoms with Gasteiger partial charge < -0.3 is 10.5 Å². The van der Waals surface area contributed by atoms with Gasteiger partial charge >= 0.3 is 0 Å². The van der Waals surface area contributed by atoms with Crippen LogP contribution in [0.5, 0.6) is 5.75 Å². The highest BCUT2D eigenvalue weighted by atomic mass is 35.5. The lowest BCUT2D eigenvalue weighted by Crippen LogP contribution is -2.09. The van der Waals surface area contributed by atoms with Gasteiger partial charge in [-0.3, -0.25) is 0 Å². The molecule has 17 heavy (non-hydrogen) atoms. The second kappa shape index (κ2) is 5.16. The van der Waals surface area contributed by atoms with Gasteiger partial charge in [-0.1, -0.05) is 16.8 Å². The highest BCUT2D eigenvalue weighted by Crippen LogP contribution is 2.26. The number of aromatic nitrogens is 3. The first-order chi connectivity index (χ1) is 8.26. The van der Waals surface area contributed by atoms with Crippen molar-refractivity contribution < 1.29 is 4.74 Å². The summed E-state index contributed by atoms with van der Waals surface area (Å²) in [5.74, 6) is 0.693. The van der Waals surface area contributed by atoms with Gasteiger partial charge in [0.2, 0.25) is 0 Å². The molecule has 0 unspecified atom stereocenters. The number of halogens is 1. The molecular weight excluding hydrogens is 240 g/mol. The van der Waals surface area contributed by atoms with Crippen LogP contribution in [0.1, 0.15) is 5.69 Å². The summed E-state index contributed by atoms with van der Waals surface area (Å²) in [7, 11) is 1.60. The molecule has 2 rings (SSSR count). The third kappa shape index (κ3) is 2.40. The van der Waals surface area contributed by atoms with E-state index < -0.39 is 0 Å². The maximum atomic E-state index is 5.98. The average Bonchev–Trinajstić information content (AvgIpc) is 2.77. The van der Waals surface area contributed by atoms with Crippen molar-refractivity contribution in [3.05, 3.63) is 35.1 Å². The standard InChI is InChI=1S/C11H13ClN4O/c1-17-11-3-2-8(12)6-10(11)16-9(4-5-13)7-14-15-16/h2-3,6-7H,4-5,13H2,1H3. The minimum absolute atomic E-state index is 0.538. The van der Waals surface area contributed by atoms with Crippen molar-refractivity contribution in [2.45, 2.75) is 6.42 Å². The molecular formula is C11H13ClN4O. The van der Waals surface area contributed by atoms with Crippen LogP contribution < -0.4 is 10.5 Å². The van der Waals surface area contributed by atoms with E-state index in [9.17, 15) is 0 Å². The Bertz CT molecular complexity index is 512. The van der Waals surface area contributed by atoms with Gasteiger partial charge in [0.15, 0.2) is 0 Å². The molecule has 6 heteroatoms. The minimum atomic E-state index is 0.538. The number of rotatable bonds is 4. The van der Waals surface area contributed by atoms with Crippen LogP contribution in [-0.2, 0) is 6.42 Å². The van der Waals surface area contributed by atoms with Gasteiger partial charge in [0.1, 0.15) is 11.4 Å². The number of nitrogens with two attached hydrogens (primary N) is 1. The molecule has 0 saturated heterocycles. The van der Waals surface area contributed by atoms with Crippen molar-refractivity contribution in [2.75, 3.05) is 13.7 Å². The molecule has 1 aromatic heterocycles. The van der Waals surface area contributed by atoms with Crippen LogP contribution in [0.4, 0.5) is 0 Å². The SMILES string of the molecule is COc1ccc(Cl)cc1-n1nncc1CCN. The van der Waals surface area contributed by atoms with Crippen molar-refractivity contribution in [2.24, 2.45) is 5.73 Å². The van der Waals surface area contributed by atoms with Gasteiger partial charge in [0.05, 0.1) is 19.0 Å². The fraction of sp³-hybridized carbons (Fsp3) is 0.273. The minimum Gasteiger partial charge on any atom is -0.494 e. The van der Waals surface area contributed by atoms with Gasteiger partial charge in [-0.25, -0.2) is 4.68 Å². The summed E-state index contributed by atoms with van der Waals surface area (Å²) >= 11 is 5.98. The zero-order valence-electron chi connectivity index (χ0n) is 9.43. The lowest BCUT2D eigenvalue weighted by atomic mass is 10.2. The van der Waals surface area contributed by atoms with Crippen molar-refractivity contribution in [1.29, 1.82) is 0 Å². The van der Waals surface area contributed by atoms with Crippen LogP contribution in [0.2, 0.25) is 5.02 Å². The van der Waals surface area contributed by atoms with Gasteiger partial charge in [0, 0.05) is 11.4 Å². The van der Waals surface area contributed by atoms with E-state index in [1.165, 1.54) is 0 Å². The van der Waals surface area contributed by atoms with Crippen LogP contribution in [0.15, 0.2) is 24.4 Å². The van der Waals surface area contributed by atoms with E-state index in [4.69, 9.17) is 22.1 Å². The Balaban J connectivity index is 2.51. The highest BCUT2D eigenvalue weighted by molar-refractivity contribution is 6.30. The lowest BCUT2D eigenvalue weighted by molar-refractivity contribution is 0.411. The van der Waals surface area contributed by atoms with E-state index in [-0.39, 0.29) is 0 Å². The summed E-state index contributed by atoms with van der Waals surface area (Å²) < 4.78 is 6.97. The predicted molar refractivity (Wildman–Crippen MR) is 65.7 cm³/mol. The molecule has 0 aliphatic carbocycles. The predicted octanol–water partition coefficient (Wildman–Crippen LogP) is 1.43. The molecule has 1 heterocycles. The highest BCUT2D eigenvalue weighted by Gasteiger charge is 2.11. The first-order valence-corrected chi connectivity index (χ1v) is 5.57. The monoisotopic (exact) mass is 252 g/mol. The van der Waals surface area contributed by atoms with Crippen molar-refractivity contribution in [3.63, 3.8) is 0 Å². The molecule has 2 N–H and O–H groups in total. The number of nitrogens with zero attached hydrogens (tertiary/aromatic N) is 3. The quantitative estimate of drug-likeness (QED) is 0.894. The van der Waals surface area contributed by atoms with E-state index in [1.807, 2.05) is 0 Å². The number of hydrogen-bond acceptors (Lipinski definition) is 4. The second-order valence-electron chi connectivity index (χ2n) is 3.49. The average molecular weight is 253 g/mol. The van der Waals surface area contributed by atoms with E-state index in [2.05, 4.69) is 10.3 Å². The normalized spacial score (nSPS) is 10.5. The fourth-order valence-corrected chi connectivity index (χ4v) is 1.77. The summed E-state index contributed by atoms with van der Waals surface area (Å²) in [4.78, 5) is 0. The molecule has 0 aliphatic heterocycles. The maximum absolute atomic E-state index is 5.98. The zero-order valence-corrected chi connectivity index (χ0v) is 10.2. The molecule has 0 spiro atoms. The molecule has 0 bridgehead atoms. The number of hydrogen-bond donors (Lipinski definition) is 1. The van der Waals surface area contributed by atoms with Crippen LogP contribution >= 0.6 is 11.6 Å². The number of ether oxygens (including phenoxy) is 1. The Labute approximate surface area is 104 Å². The lowest BCUT2D eigenvalue weighted by Gasteiger charge is -2.10. The number of benzene rings is 1. The molecule has 0 aliphatic rings. The molecule has 2 aromatic rings. The summed E-state index contributed by atoms with van der Waals surface area (Å²) in [5, 5.41) is 8.53. The molecule has 5 nitrogen and oxygen atoms in total. The third-order valence-corrected chi connectivity index (χ3v) is 2.62. The van der Waals surface area contributed by atoms with Gasteiger partial charge in [0.25, 0.3) is 0 Å². The molecule has 90 valence electrons. The molecule has 0 saturated carbocycles. The Hall–Kier alpha value is -1.59. The van der Waals surface area contributed by atoms with Crippen molar-refractivity contribution >= 4 is 11.6 Å². The van der Waals surface area contributed by atoms with Crippen LogP contribution in [0, 0.1) is 0 Å². The largest absolute Gasteiger partial charge is 0.494 e. The van der Waals surface area contributed by atoms with E-state index >= 15 is 0 Å². The second-order valence-corrected chi connectivity index (χ2v) is 3.93. The van der Waals surface area contributed by atoms with Gasteiger partial charge in [-0.05, 0) is 24.7 Å². The van der Waals surface area contributed by atoms with Gasteiger partial charge in [-0.15, -0.1) is 5.10 Å². The first kappa shape index (κ1) is 11.9. The van der Waals surface area contributed by atoms with Crippen molar-refractivity contribution in [1.82, 2.24) is 15.0 Å². The Morgan fingerprint density at radius 3 is 3.00 bits per heavy atom. The van der Waals surface area contributed by atoms with Crippen LogP contribution in [-0.4, -0.2) is 28.6 Å². The maximum Gasteiger partial charge on any atom is 0.144 e. The zero-order chi connectivity index (χ0) is 12.3. The van der Waals surface area contributed by atoms with E-state index in [0.717, 1.165) is 11.4 Å². The molecule has 0 radical (unpaired) electrons. The topological polar surface area (TPSA) is 66.0 Å². The Morgan fingerprint density at radius 1 is 1.47 bits per heavy atom. The van der Waals surface area contributed by atoms with Crippen LogP contribution in [0.3, 0.4) is 0 Å². The van der Waals surface area contributed by atoms with E-state index in [1.54, 1.807) is 36.2 Å². The van der Waals surface area contributed by atoms with E-state index in [0.29, 0.717) is 23.7 Å². The van der Waals surface area contributed by atoms with Crippen LogP contribution in [0.25, 0.3) is 5.69 Å².